The average molecular weight is 393 g/mol. The molecule has 0 unspecified atom stereocenters. The number of carbonyl (C=O) groups excluding carboxylic acids is 2. The number of Topliss-reactive ketones (excluding diaryl/α,β-unsaturated/α-hetero) is 1. The highest BCUT2D eigenvalue weighted by molar-refractivity contribution is 6.32. The number of rotatable bonds is 3. The highest BCUT2D eigenvalue weighted by Crippen LogP contribution is 2.33. The molecule has 1 aliphatic carbocycles. The van der Waals surface area contributed by atoms with Crippen molar-refractivity contribution in [3.05, 3.63) is 52.5 Å². The summed E-state index contributed by atoms with van der Waals surface area (Å²) < 4.78 is 49.3. The van der Waals surface area contributed by atoms with Gasteiger partial charge in [0.2, 0.25) is 11.6 Å². The van der Waals surface area contributed by atoms with Crippen molar-refractivity contribution in [2.75, 3.05) is 39.3 Å². The fraction of sp³-hybridized carbons (Fsp3) is 0.333. The first-order valence-electron chi connectivity index (χ1n) is 8.89. The first-order valence-corrected chi connectivity index (χ1v) is 8.89. The van der Waals surface area contributed by atoms with Crippen LogP contribution in [0.15, 0.2) is 29.2 Å². The summed E-state index contributed by atoms with van der Waals surface area (Å²) >= 11 is 0. The van der Waals surface area contributed by atoms with Crippen LogP contribution in [0.2, 0.25) is 0 Å². The molecule has 0 spiro atoms. The van der Waals surface area contributed by atoms with E-state index in [1.54, 1.807) is 0 Å². The third-order valence-electron chi connectivity index (χ3n) is 4.82. The second-order valence-electron chi connectivity index (χ2n) is 6.97. The number of allylic oxidation sites excluding steroid dienone is 1. The van der Waals surface area contributed by atoms with E-state index in [4.69, 9.17) is 0 Å². The summed E-state index contributed by atoms with van der Waals surface area (Å²) in [6.45, 7) is 5.41. The average Bonchev–Trinajstić information content (AvgIpc) is 3.48. The molecule has 0 N–H and O–H groups in total. The van der Waals surface area contributed by atoms with Crippen LogP contribution in [0.4, 0.5) is 17.6 Å². The second-order valence-corrected chi connectivity index (χ2v) is 6.97. The van der Waals surface area contributed by atoms with Crippen molar-refractivity contribution in [2.24, 2.45) is 0 Å². The van der Waals surface area contributed by atoms with Gasteiger partial charge < -0.3 is 14.7 Å². The van der Waals surface area contributed by atoms with Crippen molar-refractivity contribution < 1.29 is 27.2 Å². The van der Waals surface area contributed by atoms with Crippen LogP contribution in [0.5, 0.6) is 0 Å². The van der Waals surface area contributed by atoms with Crippen molar-refractivity contribution in [3.8, 4) is 0 Å². The number of hydrogen-bond acceptors (Lipinski definition) is 5. The Bertz CT molecular complexity index is 924. The van der Waals surface area contributed by atoms with Gasteiger partial charge in [0.1, 0.15) is 19.2 Å². The molecule has 28 heavy (non-hydrogen) atoms. The van der Waals surface area contributed by atoms with Crippen molar-refractivity contribution in [1.82, 2.24) is 14.7 Å². The molecule has 1 aromatic carbocycles. The van der Waals surface area contributed by atoms with Gasteiger partial charge in [-0.05, 0) is 5.46 Å². The monoisotopic (exact) mass is 393 g/mol. The molecule has 146 valence electrons. The van der Waals surface area contributed by atoms with E-state index in [-0.39, 0.29) is 17.6 Å². The Morgan fingerprint density at radius 2 is 1.21 bits per heavy atom. The lowest BCUT2D eigenvalue weighted by Crippen LogP contribution is -2.29. The fourth-order valence-corrected chi connectivity index (χ4v) is 2.97. The Hall–Kier alpha value is -2.78. The van der Waals surface area contributed by atoms with E-state index in [0.717, 1.165) is 47.1 Å². The Kier molecular flexibility index (Phi) is 4.43. The molecule has 0 bridgehead atoms. The minimum absolute atomic E-state index is 0.00546. The zero-order valence-electron chi connectivity index (χ0n) is 15.1. The maximum Gasteiger partial charge on any atom is 0.227 e. The lowest BCUT2D eigenvalue weighted by Gasteiger charge is -2.21. The third-order valence-corrected chi connectivity index (χ3v) is 4.82. The predicted octanol–water partition coefficient (Wildman–Crippen LogP) is -0.318. The Morgan fingerprint density at radius 3 is 1.68 bits per heavy atom. The molecule has 3 heterocycles. The van der Waals surface area contributed by atoms with E-state index in [1.807, 2.05) is 14.7 Å². The summed E-state index contributed by atoms with van der Waals surface area (Å²) in [5.41, 5.74) is 1.25. The smallest absolute Gasteiger partial charge is 0.227 e. The van der Waals surface area contributed by atoms with Gasteiger partial charge in [0.05, 0.1) is 5.70 Å². The minimum Gasteiger partial charge on any atom is -0.365 e. The molecule has 10 heteroatoms. The van der Waals surface area contributed by atoms with Crippen molar-refractivity contribution >= 4 is 24.9 Å². The van der Waals surface area contributed by atoms with Crippen LogP contribution < -0.4 is 5.46 Å². The number of hydrogen-bond donors (Lipinski definition) is 0. The number of carbonyl (C=O) groups is 2. The highest BCUT2D eigenvalue weighted by atomic mass is 19.2. The zero-order chi connectivity index (χ0) is 20.2. The molecule has 4 aliphatic rings. The van der Waals surface area contributed by atoms with Crippen LogP contribution >= 0.6 is 0 Å². The molecule has 3 saturated heterocycles. The number of ketones is 2. The Morgan fingerprint density at radius 1 is 0.750 bits per heavy atom. The quantitative estimate of drug-likeness (QED) is 0.232. The molecule has 0 radical (unpaired) electrons. The van der Waals surface area contributed by atoms with E-state index in [0.29, 0.717) is 17.1 Å². The first kappa shape index (κ1) is 18.6. The largest absolute Gasteiger partial charge is 0.365 e. The van der Waals surface area contributed by atoms with Gasteiger partial charge in [-0.1, -0.05) is 0 Å². The number of nitrogens with zero attached hydrogens (tertiary/aromatic N) is 3. The van der Waals surface area contributed by atoms with E-state index in [2.05, 4.69) is 0 Å². The van der Waals surface area contributed by atoms with Gasteiger partial charge in [0.25, 0.3) is 0 Å². The van der Waals surface area contributed by atoms with Gasteiger partial charge in [-0.25, -0.2) is 17.6 Å². The number of halogens is 4. The normalized spacial score (nSPS) is 20.1. The molecule has 5 nitrogen and oxygen atoms in total. The van der Waals surface area contributed by atoms with E-state index < -0.39 is 28.7 Å². The SMILES string of the molecule is Bc1c(F)c(F)cc(F)c1F.O=C1C=C(N2CC2)C(=O)C(N2CC2)=C1N1CC1. The standard InChI is InChI=1S/C12H13N3O2.C6H3BF4/c16-9-7-8(13-1-2-13)12(17)11(15-5-6-15)10(9)14-3-4-14;7-4-5(10)2(8)1-3(9)6(4)11/h7H,1-6H2;1H,7H2. The van der Waals surface area contributed by atoms with Crippen molar-refractivity contribution in [2.45, 2.75) is 0 Å². The lowest BCUT2D eigenvalue weighted by atomic mass is 9.94. The Balaban J connectivity index is 0.000000153. The fourth-order valence-electron chi connectivity index (χ4n) is 2.97. The lowest BCUT2D eigenvalue weighted by molar-refractivity contribution is -0.117. The van der Waals surface area contributed by atoms with E-state index in [9.17, 15) is 27.2 Å². The van der Waals surface area contributed by atoms with Gasteiger partial charge in [-0.15, -0.1) is 0 Å². The van der Waals surface area contributed by atoms with Crippen LogP contribution in [0.3, 0.4) is 0 Å². The van der Waals surface area contributed by atoms with Crippen LogP contribution in [0.25, 0.3) is 0 Å². The van der Waals surface area contributed by atoms with Gasteiger partial charge in [-0.2, -0.15) is 0 Å². The topological polar surface area (TPSA) is 43.2 Å². The van der Waals surface area contributed by atoms with Gasteiger partial charge in [-0.3, -0.25) is 9.59 Å². The van der Waals surface area contributed by atoms with Gasteiger partial charge in [0.15, 0.2) is 23.3 Å². The van der Waals surface area contributed by atoms with Crippen molar-refractivity contribution in [1.29, 1.82) is 0 Å². The predicted molar refractivity (Wildman–Crippen MR) is 94.3 cm³/mol. The molecular formula is C18H16BF4N3O2. The molecule has 3 aliphatic heterocycles. The molecule has 0 aromatic heterocycles. The summed E-state index contributed by atoms with van der Waals surface area (Å²) in [6.07, 6.45) is 1.52. The van der Waals surface area contributed by atoms with Gasteiger partial charge >= 0.3 is 0 Å². The molecule has 5 rings (SSSR count). The summed E-state index contributed by atoms with van der Waals surface area (Å²) in [5, 5.41) is 0. The maximum absolute atomic E-state index is 12.4. The minimum atomic E-state index is -1.37. The van der Waals surface area contributed by atoms with E-state index >= 15 is 0 Å². The maximum atomic E-state index is 12.4. The summed E-state index contributed by atoms with van der Waals surface area (Å²) in [7, 11) is 0.969. The molecule has 0 amide bonds. The highest BCUT2D eigenvalue weighted by Gasteiger charge is 2.43. The zero-order valence-corrected chi connectivity index (χ0v) is 15.1. The molecular weight excluding hydrogens is 377 g/mol. The number of benzene rings is 1. The molecule has 1 aromatic rings. The van der Waals surface area contributed by atoms with Gasteiger partial charge in [0, 0.05) is 51.4 Å². The van der Waals surface area contributed by atoms with Crippen LogP contribution in [0, 0.1) is 23.3 Å². The Labute approximate surface area is 159 Å². The van der Waals surface area contributed by atoms with Crippen molar-refractivity contribution in [3.63, 3.8) is 0 Å². The molecule has 0 saturated carbocycles. The first-order chi connectivity index (χ1) is 13.3. The third kappa shape index (κ3) is 3.38. The molecule has 0 atom stereocenters. The van der Waals surface area contributed by atoms with Crippen LogP contribution in [-0.4, -0.2) is 73.4 Å². The van der Waals surface area contributed by atoms with E-state index in [1.165, 1.54) is 6.08 Å². The summed E-state index contributed by atoms with van der Waals surface area (Å²) in [4.78, 5) is 30.5. The molecule has 3 fully saturated rings. The summed E-state index contributed by atoms with van der Waals surface area (Å²) in [6, 6.07) is 0.178. The van der Waals surface area contributed by atoms with Crippen LogP contribution in [0.1, 0.15) is 0 Å². The summed E-state index contributed by atoms with van der Waals surface area (Å²) in [5.74, 6) is -5.39. The van der Waals surface area contributed by atoms with Crippen LogP contribution in [-0.2, 0) is 9.59 Å². The second kappa shape index (κ2) is 6.68.